The molecule has 0 aromatic heterocycles. The van der Waals surface area contributed by atoms with Crippen LogP contribution in [0.2, 0.25) is 0 Å². The van der Waals surface area contributed by atoms with Crippen molar-refractivity contribution < 1.29 is 14.6 Å². The lowest BCUT2D eigenvalue weighted by molar-refractivity contribution is -0.0570. The van der Waals surface area contributed by atoms with Gasteiger partial charge in [0, 0.05) is 7.11 Å². The Morgan fingerprint density at radius 3 is 2.33 bits per heavy atom. The van der Waals surface area contributed by atoms with Gasteiger partial charge in [-0.3, -0.25) is 0 Å². The molecule has 0 heterocycles. The lowest BCUT2D eigenvalue weighted by Gasteiger charge is -2.29. The Morgan fingerprint density at radius 1 is 1.10 bits per heavy atom. The fourth-order valence-electron chi connectivity index (χ4n) is 2.89. The van der Waals surface area contributed by atoms with Gasteiger partial charge < -0.3 is 14.6 Å². The summed E-state index contributed by atoms with van der Waals surface area (Å²) in [5.74, 6) is 0.514. The minimum atomic E-state index is -0.547. The highest BCUT2D eigenvalue weighted by Gasteiger charge is 2.23. The van der Waals surface area contributed by atoms with Crippen molar-refractivity contribution in [2.75, 3.05) is 13.7 Å². The van der Waals surface area contributed by atoms with Crippen LogP contribution in [-0.2, 0) is 9.47 Å². The van der Waals surface area contributed by atoms with E-state index in [1.807, 2.05) is 12.1 Å². The van der Waals surface area contributed by atoms with E-state index in [2.05, 4.69) is 26.0 Å². The van der Waals surface area contributed by atoms with E-state index in [-0.39, 0.29) is 6.10 Å². The second kappa shape index (κ2) is 7.92. The highest BCUT2D eigenvalue weighted by molar-refractivity contribution is 5.26. The molecule has 1 aliphatic rings. The largest absolute Gasteiger partial charge is 0.386 e. The highest BCUT2D eigenvalue weighted by atomic mass is 16.5. The lowest BCUT2D eigenvalue weighted by Crippen LogP contribution is -2.28. The van der Waals surface area contributed by atoms with Crippen LogP contribution in [0.5, 0.6) is 0 Å². The van der Waals surface area contributed by atoms with E-state index in [4.69, 9.17) is 9.47 Å². The molecule has 0 saturated heterocycles. The van der Waals surface area contributed by atoms with E-state index in [0.717, 1.165) is 31.2 Å². The van der Waals surface area contributed by atoms with Crippen molar-refractivity contribution in [3.8, 4) is 0 Å². The van der Waals surface area contributed by atoms with Crippen LogP contribution in [0.1, 0.15) is 62.7 Å². The van der Waals surface area contributed by atoms with Crippen molar-refractivity contribution >= 4 is 0 Å². The summed E-state index contributed by atoms with van der Waals surface area (Å²) in [7, 11) is 1.76. The first kappa shape index (κ1) is 16.5. The third-order valence-electron chi connectivity index (χ3n) is 4.39. The van der Waals surface area contributed by atoms with Crippen LogP contribution in [0.25, 0.3) is 0 Å². The Morgan fingerprint density at radius 2 is 1.71 bits per heavy atom. The van der Waals surface area contributed by atoms with Crippen molar-refractivity contribution in [2.24, 2.45) is 0 Å². The molecule has 3 unspecified atom stereocenters. The molecule has 3 nitrogen and oxygen atoms in total. The third-order valence-corrected chi connectivity index (χ3v) is 4.39. The standard InChI is InChI=1S/C18H28O3/c1-13(2)14-7-9-15(10-8-14)18(19)12-21-17-6-4-5-16(11-17)20-3/h7-10,13,16-19H,4-6,11-12H2,1-3H3. The Hall–Kier alpha value is -0.900. The van der Waals surface area contributed by atoms with Gasteiger partial charge >= 0.3 is 0 Å². The molecule has 1 aliphatic carbocycles. The molecular formula is C18H28O3. The van der Waals surface area contributed by atoms with Gasteiger partial charge in [0.15, 0.2) is 0 Å². The molecule has 0 amide bonds. The predicted octanol–water partition coefficient (Wildman–Crippen LogP) is 3.82. The van der Waals surface area contributed by atoms with Crippen molar-refractivity contribution in [1.29, 1.82) is 0 Å². The molecule has 0 spiro atoms. The summed E-state index contributed by atoms with van der Waals surface area (Å²) in [6.07, 6.45) is 4.25. The van der Waals surface area contributed by atoms with E-state index in [9.17, 15) is 5.11 Å². The molecule has 1 aromatic rings. The summed E-state index contributed by atoms with van der Waals surface area (Å²) in [5.41, 5.74) is 2.22. The van der Waals surface area contributed by atoms with Crippen LogP contribution in [0.3, 0.4) is 0 Å². The zero-order chi connectivity index (χ0) is 15.2. The van der Waals surface area contributed by atoms with Gasteiger partial charge in [-0.25, -0.2) is 0 Å². The number of aliphatic hydroxyl groups is 1. The van der Waals surface area contributed by atoms with Crippen LogP contribution in [-0.4, -0.2) is 31.0 Å². The quantitative estimate of drug-likeness (QED) is 0.866. The molecule has 0 radical (unpaired) electrons. The third kappa shape index (κ3) is 4.80. The summed E-state index contributed by atoms with van der Waals surface area (Å²) < 4.78 is 11.3. The monoisotopic (exact) mass is 292 g/mol. The van der Waals surface area contributed by atoms with Crippen LogP contribution in [0, 0.1) is 0 Å². The number of hydrogen-bond acceptors (Lipinski definition) is 3. The van der Waals surface area contributed by atoms with Crippen molar-refractivity contribution in [2.45, 2.75) is 63.8 Å². The van der Waals surface area contributed by atoms with Crippen molar-refractivity contribution in [1.82, 2.24) is 0 Å². The molecule has 0 aliphatic heterocycles. The molecule has 1 fully saturated rings. The minimum Gasteiger partial charge on any atom is -0.386 e. The minimum absolute atomic E-state index is 0.216. The highest BCUT2D eigenvalue weighted by Crippen LogP contribution is 2.25. The molecule has 21 heavy (non-hydrogen) atoms. The van der Waals surface area contributed by atoms with E-state index < -0.39 is 6.10 Å². The maximum atomic E-state index is 10.2. The van der Waals surface area contributed by atoms with Gasteiger partial charge in [-0.2, -0.15) is 0 Å². The summed E-state index contributed by atoms with van der Waals surface area (Å²) >= 11 is 0. The van der Waals surface area contributed by atoms with Gasteiger partial charge in [-0.05, 0) is 42.7 Å². The molecule has 3 atom stereocenters. The van der Waals surface area contributed by atoms with Crippen LogP contribution >= 0.6 is 0 Å². The van der Waals surface area contributed by atoms with Crippen LogP contribution < -0.4 is 0 Å². The zero-order valence-electron chi connectivity index (χ0n) is 13.4. The summed E-state index contributed by atoms with van der Waals surface area (Å²) in [6.45, 7) is 4.70. The summed E-state index contributed by atoms with van der Waals surface area (Å²) in [6, 6.07) is 8.18. The van der Waals surface area contributed by atoms with Gasteiger partial charge in [0.25, 0.3) is 0 Å². The van der Waals surface area contributed by atoms with Gasteiger partial charge in [0.2, 0.25) is 0 Å². The van der Waals surface area contributed by atoms with E-state index in [0.29, 0.717) is 18.6 Å². The lowest BCUT2D eigenvalue weighted by atomic mass is 9.95. The average Bonchev–Trinajstić information content (AvgIpc) is 2.53. The Labute approximate surface area is 128 Å². The topological polar surface area (TPSA) is 38.7 Å². The van der Waals surface area contributed by atoms with E-state index >= 15 is 0 Å². The number of benzene rings is 1. The fraction of sp³-hybridized carbons (Fsp3) is 0.667. The van der Waals surface area contributed by atoms with Gasteiger partial charge in [0.1, 0.15) is 6.10 Å². The number of aliphatic hydroxyl groups excluding tert-OH is 1. The van der Waals surface area contributed by atoms with Gasteiger partial charge in [0.05, 0.1) is 18.8 Å². The molecule has 1 saturated carbocycles. The molecule has 2 rings (SSSR count). The fourth-order valence-corrected chi connectivity index (χ4v) is 2.89. The SMILES string of the molecule is COC1CCCC(OCC(O)c2ccc(C(C)C)cc2)C1. The Bertz CT molecular complexity index is 413. The number of hydrogen-bond donors (Lipinski definition) is 1. The normalized spacial score (nSPS) is 24.2. The van der Waals surface area contributed by atoms with E-state index in [1.165, 1.54) is 5.56 Å². The molecule has 0 bridgehead atoms. The first-order valence-corrected chi connectivity index (χ1v) is 8.02. The van der Waals surface area contributed by atoms with E-state index in [1.54, 1.807) is 7.11 Å². The van der Waals surface area contributed by atoms with Gasteiger partial charge in [-0.1, -0.05) is 38.1 Å². The maximum Gasteiger partial charge on any atom is 0.102 e. The van der Waals surface area contributed by atoms with Crippen molar-refractivity contribution in [3.05, 3.63) is 35.4 Å². The molecule has 1 aromatic carbocycles. The molecule has 118 valence electrons. The number of rotatable bonds is 6. The Kier molecular flexibility index (Phi) is 6.22. The number of ether oxygens (including phenoxy) is 2. The van der Waals surface area contributed by atoms with Crippen molar-refractivity contribution in [3.63, 3.8) is 0 Å². The number of methoxy groups -OCH3 is 1. The predicted molar refractivity (Wildman–Crippen MR) is 84.5 cm³/mol. The zero-order valence-corrected chi connectivity index (χ0v) is 13.4. The Balaban J connectivity index is 1.82. The first-order chi connectivity index (χ1) is 10.1. The van der Waals surface area contributed by atoms with Gasteiger partial charge in [-0.15, -0.1) is 0 Å². The molecular weight excluding hydrogens is 264 g/mol. The summed E-state index contributed by atoms with van der Waals surface area (Å²) in [5, 5.41) is 10.2. The smallest absolute Gasteiger partial charge is 0.102 e. The average molecular weight is 292 g/mol. The maximum absolute atomic E-state index is 10.2. The second-order valence-electron chi connectivity index (χ2n) is 6.32. The summed E-state index contributed by atoms with van der Waals surface area (Å²) in [4.78, 5) is 0. The molecule has 1 N–H and O–H groups in total. The van der Waals surface area contributed by atoms with Crippen LogP contribution in [0.4, 0.5) is 0 Å². The van der Waals surface area contributed by atoms with Crippen LogP contribution in [0.15, 0.2) is 24.3 Å². The molecule has 3 heteroatoms. The second-order valence-corrected chi connectivity index (χ2v) is 6.32. The first-order valence-electron chi connectivity index (χ1n) is 8.02.